The summed E-state index contributed by atoms with van der Waals surface area (Å²) in [7, 11) is 0. The van der Waals surface area contributed by atoms with E-state index in [4.69, 9.17) is 0 Å². The monoisotopic (exact) mass is 335 g/mol. The van der Waals surface area contributed by atoms with Gasteiger partial charge in [-0.1, -0.05) is 19.4 Å². The highest BCUT2D eigenvalue weighted by atomic mass is 79.9. The van der Waals surface area contributed by atoms with Crippen LogP contribution in [0.1, 0.15) is 31.7 Å². The van der Waals surface area contributed by atoms with E-state index in [1.54, 1.807) is 0 Å². The maximum Gasteiger partial charge on any atom is 0.237 e. The van der Waals surface area contributed by atoms with E-state index in [1.165, 1.54) is 4.90 Å². The van der Waals surface area contributed by atoms with Crippen molar-refractivity contribution in [1.29, 1.82) is 0 Å². The molecule has 3 rings (SSSR count). The van der Waals surface area contributed by atoms with Crippen LogP contribution in [0.25, 0.3) is 0 Å². The van der Waals surface area contributed by atoms with Gasteiger partial charge in [0, 0.05) is 4.47 Å². The second-order valence-electron chi connectivity index (χ2n) is 5.93. The van der Waals surface area contributed by atoms with Crippen LogP contribution in [-0.4, -0.2) is 11.8 Å². The molecule has 2 amide bonds. The number of fused-ring (bicyclic) bond motifs is 1. The van der Waals surface area contributed by atoms with Crippen LogP contribution in [0.15, 0.2) is 22.7 Å². The zero-order valence-electron chi connectivity index (χ0n) is 11.7. The van der Waals surface area contributed by atoms with Gasteiger partial charge in [0.2, 0.25) is 11.8 Å². The van der Waals surface area contributed by atoms with E-state index in [1.807, 2.05) is 25.1 Å². The van der Waals surface area contributed by atoms with Crippen LogP contribution in [0.3, 0.4) is 0 Å². The summed E-state index contributed by atoms with van der Waals surface area (Å²) < 4.78 is 0.803. The molecule has 1 heterocycles. The maximum absolute atomic E-state index is 12.6. The minimum Gasteiger partial charge on any atom is -0.274 e. The van der Waals surface area contributed by atoms with E-state index in [0.29, 0.717) is 11.6 Å². The Morgan fingerprint density at radius 3 is 2.35 bits per heavy atom. The van der Waals surface area contributed by atoms with E-state index in [0.717, 1.165) is 29.3 Å². The summed E-state index contributed by atoms with van der Waals surface area (Å²) in [6.07, 6.45) is 2.79. The van der Waals surface area contributed by atoms with Crippen LogP contribution in [0.5, 0.6) is 0 Å². The zero-order chi connectivity index (χ0) is 14.4. The van der Waals surface area contributed by atoms with Crippen molar-refractivity contribution in [2.24, 2.45) is 17.8 Å². The molecule has 1 saturated heterocycles. The number of halogens is 1. The standard InChI is InChI=1S/C16H18BrNO2/c1-3-10-7-11-12(8-10)16(20)18(15(11)19)14-6-9(2)4-5-13(14)17/h4-6,10-12H,3,7-8H2,1-2H3. The summed E-state index contributed by atoms with van der Waals surface area (Å²) in [4.78, 5) is 26.6. The predicted octanol–water partition coefficient (Wildman–Crippen LogP) is 3.68. The molecule has 0 radical (unpaired) electrons. The normalized spacial score (nSPS) is 29.1. The summed E-state index contributed by atoms with van der Waals surface area (Å²) in [6.45, 7) is 4.10. The second-order valence-corrected chi connectivity index (χ2v) is 6.78. The topological polar surface area (TPSA) is 37.4 Å². The van der Waals surface area contributed by atoms with E-state index >= 15 is 0 Å². The molecule has 1 aromatic carbocycles. The largest absolute Gasteiger partial charge is 0.274 e. The van der Waals surface area contributed by atoms with Crippen molar-refractivity contribution in [3.05, 3.63) is 28.2 Å². The van der Waals surface area contributed by atoms with Crippen LogP contribution < -0.4 is 4.90 Å². The van der Waals surface area contributed by atoms with Crippen molar-refractivity contribution < 1.29 is 9.59 Å². The highest BCUT2D eigenvalue weighted by molar-refractivity contribution is 9.10. The van der Waals surface area contributed by atoms with Gasteiger partial charge in [-0.2, -0.15) is 0 Å². The van der Waals surface area contributed by atoms with Crippen molar-refractivity contribution in [3.8, 4) is 0 Å². The van der Waals surface area contributed by atoms with E-state index < -0.39 is 0 Å². The molecule has 1 aliphatic carbocycles. The van der Waals surface area contributed by atoms with Crippen LogP contribution in [0.4, 0.5) is 5.69 Å². The molecule has 106 valence electrons. The lowest BCUT2D eigenvalue weighted by Crippen LogP contribution is -2.32. The Hall–Kier alpha value is -1.16. The van der Waals surface area contributed by atoms with Crippen LogP contribution in [-0.2, 0) is 9.59 Å². The van der Waals surface area contributed by atoms with Crippen molar-refractivity contribution in [1.82, 2.24) is 0 Å². The molecule has 1 aliphatic heterocycles. The summed E-state index contributed by atoms with van der Waals surface area (Å²) in [5.74, 6) is 0.310. The van der Waals surface area contributed by atoms with Gasteiger partial charge in [0.15, 0.2) is 0 Å². The van der Waals surface area contributed by atoms with Gasteiger partial charge in [0.1, 0.15) is 0 Å². The average Bonchev–Trinajstić information content (AvgIpc) is 2.94. The Morgan fingerprint density at radius 1 is 1.20 bits per heavy atom. The fourth-order valence-electron chi connectivity index (χ4n) is 3.49. The molecule has 3 nitrogen and oxygen atoms in total. The molecular weight excluding hydrogens is 318 g/mol. The highest BCUT2D eigenvalue weighted by Crippen LogP contribution is 2.46. The SMILES string of the molecule is CCC1CC2C(=O)N(c3cc(C)ccc3Br)C(=O)C2C1. The lowest BCUT2D eigenvalue weighted by atomic mass is 10.00. The molecule has 2 fully saturated rings. The van der Waals surface area contributed by atoms with Crippen molar-refractivity contribution in [2.75, 3.05) is 4.90 Å². The third-order valence-corrected chi connectivity index (χ3v) is 5.33. The van der Waals surface area contributed by atoms with E-state index in [2.05, 4.69) is 22.9 Å². The first-order chi connectivity index (χ1) is 9.52. The van der Waals surface area contributed by atoms with Crippen molar-refractivity contribution in [2.45, 2.75) is 33.1 Å². The predicted molar refractivity (Wildman–Crippen MR) is 81.4 cm³/mol. The van der Waals surface area contributed by atoms with E-state index in [9.17, 15) is 9.59 Å². The summed E-state index contributed by atoms with van der Waals surface area (Å²) in [6, 6.07) is 5.76. The molecule has 0 spiro atoms. The molecule has 1 saturated carbocycles. The first-order valence-electron chi connectivity index (χ1n) is 7.17. The van der Waals surface area contributed by atoms with Crippen molar-refractivity contribution in [3.63, 3.8) is 0 Å². The molecular formula is C16H18BrNO2. The molecule has 20 heavy (non-hydrogen) atoms. The minimum absolute atomic E-state index is 0.0118. The highest BCUT2D eigenvalue weighted by Gasteiger charge is 2.52. The Bertz CT molecular complexity index is 560. The van der Waals surface area contributed by atoms with Gasteiger partial charge in [-0.3, -0.25) is 9.59 Å². The number of nitrogens with zero attached hydrogens (tertiary/aromatic N) is 1. The number of anilines is 1. The minimum atomic E-state index is -0.0973. The number of benzene rings is 1. The Balaban J connectivity index is 1.96. The number of carbonyl (C=O) groups excluding carboxylic acids is 2. The van der Waals surface area contributed by atoms with Crippen LogP contribution >= 0.6 is 15.9 Å². The first kappa shape index (κ1) is 13.8. The fraction of sp³-hybridized carbons (Fsp3) is 0.500. The summed E-state index contributed by atoms with van der Waals surface area (Å²) in [5, 5.41) is 0. The van der Waals surface area contributed by atoms with Gasteiger partial charge < -0.3 is 0 Å². The zero-order valence-corrected chi connectivity index (χ0v) is 13.3. The van der Waals surface area contributed by atoms with E-state index in [-0.39, 0.29) is 23.7 Å². The maximum atomic E-state index is 12.6. The van der Waals surface area contributed by atoms with Gasteiger partial charge >= 0.3 is 0 Å². The fourth-order valence-corrected chi connectivity index (χ4v) is 3.92. The second kappa shape index (κ2) is 4.99. The molecule has 4 heteroatoms. The molecule has 2 unspecified atom stereocenters. The Morgan fingerprint density at radius 2 is 1.80 bits per heavy atom. The summed E-state index contributed by atoms with van der Waals surface area (Å²) in [5.41, 5.74) is 1.75. The Kier molecular flexibility index (Phi) is 3.44. The molecule has 2 atom stereocenters. The lowest BCUT2D eigenvalue weighted by molar-refractivity contribution is -0.123. The Labute approximate surface area is 127 Å². The molecule has 0 bridgehead atoms. The quantitative estimate of drug-likeness (QED) is 0.773. The average molecular weight is 336 g/mol. The van der Waals surface area contributed by atoms with Gasteiger partial charge in [-0.05, 0) is 59.3 Å². The summed E-state index contributed by atoms with van der Waals surface area (Å²) >= 11 is 3.45. The molecule has 0 aromatic heterocycles. The number of aryl methyl sites for hydroxylation is 1. The lowest BCUT2D eigenvalue weighted by Gasteiger charge is -2.19. The number of rotatable bonds is 2. The number of carbonyl (C=O) groups is 2. The smallest absolute Gasteiger partial charge is 0.237 e. The number of amides is 2. The molecule has 1 aromatic rings. The first-order valence-corrected chi connectivity index (χ1v) is 7.96. The number of hydrogen-bond acceptors (Lipinski definition) is 2. The van der Waals surface area contributed by atoms with Crippen LogP contribution in [0.2, 0.25) is 0 Å². The van der Waals surface area contributed by atoms with Gasteiger partial charge in [-0.25, -0.2) is 4.90 Å². The third-order valence-electron chi connectivity index (χ3n) is 4.66. The molecule has 0 N–H and O–H groups in total. The molecule has 2 aliphatic rings. The number of imide groups is 1. The van der Waals surface area contributed by atoms with Gasteiger partial charge in [0.25, 0.3) is 0 Å². The number of hydrogen-bond donors (Lipinski definition) is 0. The van der Waals surface area contributed by atoms with Crippen molar-refractivity contribution >= 4 is 33.4 Å². The third kappa shape index (κ3) is 2.01. The van der Waals surface area contributed by atoms with Crippen LogP contribution in [0, 0.1) is 24.7 Å². The van der Waals surface area contributed by atoms with Gasteiger partial charge in [0.05, 0.1) is 17.5 Å². The van der Waals surface area contributed by atoms with Gasteiger partial charge in [-0.15, -0.1) is 0 Å².